The van der Waals surface area contributed by atoms with Crippen LogP contribution in [-0.4, -0.2) is 56.8 Å². The van der Waals surface area contributed by atoms with Gasteiger partial charge in [-0.2, -0.15) is 0 Å². The molecule has 14 heteroatoms. The van der Waals surface area contributed by atoms with Crippen LogP contribution < -0.4 is 21.3 Å². The van der Waals surface area contributed by atoms with Crippen molar-refractivity contribution in [2.24, 2.45) is 31.8 Å². The number of rotatable bonds is 10. The maximum absolute atomic E-state index is 13.9. The number of esters is 1. The van der Waals surface area contributed by atoms with Gasteiger partial charge >= 0.3 is 11.7 Å². The van der Waals surface area contributed by atoms with E-state index < -0.39 is 23.4 Å². The van der Waals surface area contributed by atoms with Crippen LogP contribution in [0.3, 0.4) is 0 Å². The third-order valence-electron chi connectivity index (χ3n) is 10.2. The van der Waals surface area contributed by atoms with Gasteiger partial charge in [0.1, 0.15) is 16.9 Å². The van der Waals surface area contributed by atoms with Crippen LogP contribution in [0, 0.1) is 24.7 Å². The Bertz CT molecular complexity index is 2350. The van der Waals surface area contributed by atoms with Gasteiger partial charge in [-0.3, -0.25) is 23.6 Å². The van der Waals surface area contributed by atoms with E-state index in [2.05, 4.69) is 15.2 Å². The number of piperidine rings is 1. The van der Waals surface area contributed by atoms with Crippen molar-refractivity contribution in [1.82, 2.24) is 24.0 Å². The van der Waals surface area contributed by atoms with Gasteiger partial charge < -0.3 is 14.8 Å². The molecule has 1 saturated heterocycles. The molecule has 0 amide bonds. The van der Waals surface area contributed by atoms with Gasteiger partial charge in [-0.1, -0.05) is 48.0 Å². The van der Waals surface area contributed by atoms with Crippen molar-refractivity contribution >= 4 is 40.0 Å². The number of nitrogens with zero attached hydrogens (tertiary/aromatic N) is 5. The van der Waals surface area contributed by atoms with Crippen LogP contribution in [-0.2, 0) is 30.2 Å². The summed E-state index contributed by atoms with van der Waals surface area (Å²) in [4.78, 5) is 49.3. The van der Waals surface area contributed by atoms with Crippen LogP contribution >= 0.6 is 11.6 Å². The first kappa shape index (κ1) is 35.3. The van der Waals surface area contributed by atoms with E-state index in [-0.39, 0.29) is 28.6 Å². The van der Waals surface area contributed by atoms with E-state index >= 15 is 0 Å². The largest absolute Gasteiger partial charge is 0.481 e. The molecule has 11 nitrogen and oxygen atoms in total. The molecule has 1 aliphatic carbocycles. The number of aromatic nitrogens is 4. The molecule has 1 saturated carbocycles. The molecule has 4 heterocycles. The van der Waals surface area contributed by atoms with Crippen molar-refractivity contribution in [1.29, 1.82) is 0 Å². The lowest BCUT2D eigenvalue weighted by Gasteiger charge is -2.20. The van der Waals surface area contributed by atoms with Crippen LogP contribution in [0.2, 0.25) is 5.02 Å². The van der Waals surface area contributed by atoms with Crippen LogP contribution in [0.25, 0.3) is 33.3 Å². The molecule has 0 bridgehead atoms. The standard InChI is InChI=1S/C38H37ClF2N6O5/c1-6-52-37(49)30-24-17-47(18-25(24)30)16-20-13-14-27(44-35(20)51-5)23-11-7-10-22(32(23)39)21-9-8-12-26(19(21)2)42-34-31-29(15-28(43-34)33(40)41)45(3)38(50)46(4)36(31)48/h7-15,24-25,30,33H,6,16-18H2,1-5H3,(H,42,43). The lowest BCUT2D eigenvalue weighted by molar-refractivity contribution is -0.145. The van der Waals surface area contributed by atoms with Gasteiger partial charge in [-0.15, -0.1) is 0 Å². The zero-order chi connectivity index (χ0) is 37.0. The van der Waals surface area contributed by atoms with Gasteiger partial charge in [-0.25, -0.2) is 23.5 Å². The molecular formula is C38H37ClF2N6O5. The van der Waals surface area contributed by atoms with Gasteiger partial charge in [0.2, 0.25) is 5.88 Å². The molecule has 5 aromatic rings. The second-order valence-corrected chi connectivity index (χ2v) is 13.6. The zero-order valence-electron chi connectivity index (χ0n) is 29.2. The quantitative estimate of drug-likeness (QED) is 0.166. The van der Waals surface area contributed by atoms with Crippen molar-refractivity contribution in [2.45, 2.75) is 26.8 Å². The molecule has 1 N–H and O–H groups in total. The molecule has 2 unspecified atom stereocenters. The van der Waals surface area contributed by atoms with E-state index in [4.69, 9.17) is 26.1 Å². The number of aryl methyl sites for hydroxylation is 1. The Morgan fingerprint density at radius 1 is 1.00 bits per heavy atom. The SMILES string of the molecule is CCOC(=O)C1C2CN(Cc3ccc(-c4cccc(-c5cccc(Nc6nc(C(F)F)cc7c6c(=O)n(C)c(=O)n7C)c5C)c4Cl)nc3OC)CC21. The van der Waals surface area contributed by atoms with Crippen LogP contribution in [0.15, 0.2) is 64.2 Å². The van der Waals surface area contributed by atoms with Crippen LogP contribution in [0.4, 0.5) is 20.3 Å². The number of carbonyl (C=O) groups excluding carboxylic acids is 1. The number of halogens is 3. The minimum atomic E-state index is -2.93. The summed E-state index contributed by atoms with van der Waals surface area (Å²) in [5.41, 5.74) is 3.08. The Kier molecular flexibility index (Phi) is 9.34. The van der Waals surface area contributed by atoms with E-state index in [0.717, 1.165) is 45.0 Å². The third-order valence-corrected chi connectivity index (χ3v) is 10.6. The summed E-state index contributed by atoms with van der Waals surface area (Å²) >= 11 is 7.10. The van der Waals surface area contributed by atoms with Crippen molar-refractivity contribution < 1.29 is 23.0 Å². The topological polar surface area (TPSA) is 121 Å². The van der Waals surface area contributed by atoms with Gasteiger partial charge in [0.05, 0.1) is 35.9 Å². The molecule has 2 atom stereocenters. The normalized spacial score (nSPS) is 18.1. The van der Waals surface area contributed by atoms with E-state index in [9.17, 15) is 23.2 Å². The van der Waals surface area contributed by atoms with Crippen LogP contribution in [0.1, 0.15) is 30.2 Å². The van der Waals surface area contributed by atoms with Gasteiger partial charge in [-0.05, 0) is 55.0 Å². The van der Waals surface area contributed by atoms with Gasteiger partial charge in [0.15, 0.2) is 0 Å². The number of benzene rings is 2. The number of alkyl halides is 2. The summed E-state index contributed by atoms with van der Waals surface area (Å²) in [7, 11) is 4.33. The minimum Gasteiger partial charge on any atom is -0.481 e. The molecule has 3 aromatic heterocycles. The maximum Gasteiger partial charge on any atom is 0.330 e. The van der Waals surface area contributed by atoms with E-state index in [0.29, 0.717) is 58.4 Å². The summed E-state index contributed by atoms with van der Waals surface area (Å²) in [6.07, 6.45) is -2.93. The Morgan fingerprint density at radius 3 is 2.38 bits per heavy atom. The number of nitrogens with one attached hydrogen (secondary N) is 1. The molecule has 0 radical (unpaired) electrons. The smallest absolute Gasteiger partial charge is 0.330 e. The number of pyridine rings is 2. The van der Waals surface area contributed by atoms with E-state index in [1.54, 1.807) is 19.2 Å². The number of likely N-dealkylation sites (tertiary alicyclic amines) is 1. The fraction of sp³-hybridized carbons (Fsp3) is 0.342. The van der Waals surface area contributed by atoms with Gasteiger partial charge in [0, 0.05) is 56.1 Å². The highest BCUT2D eigenvalue weighted by Gasteiger charge is 2.60. The summed E-state index contributed by atoms with van der Waals surface area (Å²) < 4.78 is 40.9. The predicted molar refractivity (Wildman–Crippen MR) is 194 cm³/mol. The fourth-order valence-electron chi connectivity index (χ4n) is 7.43. The molecule has 2 fully saturated rings. The third kappa shape index (κ3) is 6.11. The van der Waals surface area contributed by atoms with Gasteiger partial charge in [0.25, 0.3) is 12.0 Å². The second-order valence-electron chi connectivity index (χ2n) is 13.2. The van der Waals surface area contributed by atoms with Crippen LogP contribution in [0.5, 0.6) is 5.88 Å². The highest BCUT2D eigenvalue weighted by atomic mass is 35.5. The molecule has 1 aliphatic heterocycles. The maximum atomic E-state index is 13.9. The number of methoxy groups -OCH3 is 1. The highest BCUT2D eigenvalue weighted by Crippen LogP contribution is 2.52. The lowest BCUT2D eigenvalue weighted by atomic mass is 9.96. The van der Waals surface area contributed by atoms with Crippen molar-refractivity contribution in [3.8, 4) is 28.3 Å². The monoisotopic (exact) mass is 730 g/mol. The molecular weight excluding hydrogens is 694 g/mol. The lowest BCUT2D eigenvalue weighted by Crippen LogP contribution is -2.37. The average molecular weight is 731 g/mol. The predicted octanol–water partition coefficient (Wildman–Crippen LogP) is 6.25. The average Bonchev–Trinajstić information content (AvgIpc) is 3.65. The Hall–Kier alpha value is -5.14. The zero-order valence-corrected chi connectivity index (χ0v) is 30.0. The molecule has 7 rings (SSSR count). The molecule has 52 heavy (non-hydrogen) atoms. The number of carbonyl (C=O) groups is 1. The Labute approximate surface area is 302 Å². The number of fused-ring (bicyclic) bond motifs is 2. The number of anilines is 2. The number of ether oxygens (including phenoxy) is 2. The Balaban J connectivity index is 1.18. The summed E-state index contributed by atoms with van der Waals surface area (Å²) in [6.45, 7) is 6.35. The molecule has 270 valence electrons. The highest BCUT2D eigenvalue weighted by molar-refractivity contribution is 6.36. The van der Waals surface area contributed by atoms with E-state index in [1.165, 1.54) is 14.1 Å². The van der Waals surface area contributed by atoms with Crippen molar-refractivity contribution in [3.05, 3.63) is 97.3 Å². The van der Waals surface area contributed by atoms with Crippen molar-refractivity contribution in [3.63, 3.8) is 0 Å². The Morgan fingerprint density at radius 2 is 1.69 bits per heavy atom. The first-order valence-electron chi connectivity index (χ1n) is 16.9. The first-order valence-corrected chi connectivity index (χ1v) is 17.3. The number of hydrogen-bond acceptors (Lipinski definition) is 9. The molecule has 2 aromatic carbocycles. The molecule has 2 aliphatic rings. The fourth-order valence-corrected chi connectivity index (χ4v) is 7.75. The first-order chi connectivity index (χ1) is 24.9. The summed E-state index contributed by atoms with van der Waals surface area (Å²) in [6, 6.07) is 16.0. The second kappa shape index (κ2) is 13.8. The van der Waals surface area contributed by atoms with Crippen molar-refractivity contribution in [2.75, 3.05) is 32.1 Å². The number of hydrogen-bond donors (Lipinski definition) is 1. The van der Waals surface area contributed by atoms with E-state index in [1.807, 2.05) is 50.2 Å². The minimum absolute atomic E-state index is 0.00436. The summed E-state index contributed by atoms with van der Waals surface area (Å²) in [5.74, 6) is 0.967. The summed E-state index contributed by atoms with van der Waals surface area (Å²) in [5, 5.41) is 3.55. The molecule has 0 spiro atoms.